The quantitative estimate of drug-likeness (QED) is 0.593. The van der Waals surface area contributed by atoms with E-state index in [9.17, 15) is 4.79 Å². The smallest absolute Gasteiger partial charge is 0.193 e. The highest BCUT2D eigenvalue weighted by molar-refractivity contribution is 9.10. The molecule has 2 aromatic rings. The van der Waals surface area contributed by atoms with Gasteiger partial charge in [-0.15, -0.1) is 16.9 Å². The summed E-state index contributed by atoms with van der Waals surface area (Å²) in [4.78, 5) is 13.1. The highest BCUT2D eigenvalue weighted by Crippen LogP contribution is 2.22. The minimum Gasteiger partial charge on any atom is -0.291 e. The van der Waals surface area contributed by atoms with Crippen LogP contribution in [-0.4, -0.2) is 26.5 Å². The summed E-state index contributed by atoms with van der Waals surface area (Å²) in [6, 6.07) is 7.85. The number of Topliss-reactive ketones (excluding diaryl/α,β-unsaturated/α-hetero) is 1. The van der Waals surface area contributed by atoms with Crippen molar-refractivity contribution in [2.75, 3.05) is 5.75 Å². The SMILES string of the molecule is Cn1nnc(Br)c1C(=O)CSc1ccc(Br)cc1. The van der Waals surface area contributed by atoms with E-state index in [0.717, 1.165) is 9.37 Å². The van der Waals surface area contributed by atoms with E-state index in [1.807, 2.05) is 24.3 Å². The largest absolute Gasteiger partial charge is 0.291 e. The van der Waals surface area contributed by atoms with E-state index in [2.05, 4.69) is 42.2 Å². The maximum absolute atomic E-state index is 12.0. The number of thioether (sulfide) groups is 1. The van der Waals surface area contributed by atoms with Crippen LogP contribution in [0.15, 0.2) is 38.2 Å². The Kier molecular flexibility index (Phi) is 4.58. The molecule has 18 heavy (non-hydrogen) atoms. The van der Waals surface area contributed by atoms with Crippen LogP contribution < -0.4 is 0 Å². The Labute approximate surface area is 125 Å². The van der Waals surface area contributed by atoms with Gasteiger partial charge >= 0.3 is 0 Å². The van der Waals surface area contributed by atoms with E-state index in [4.69, 9.17) is 0 Å². The molecular weight excluding hydrogens is 382 g/mol. The molecule has 0 aliphatic rings. The van der Waals surface area contributed by atoms with Crippen molar-refractivity contribution in [2.24, 2.45) is 7.05 Å². The number of carbonyl (C=O) groups excluding carboxylic acids is 1. The molecule has 7 heteroatoms. The summed E-state index contributed by atoms with van der Waals surface area (Å²) in [5, 5.41) is 7.58. The number of carbonyl (C=O) groups is 1. The number of halogens is 2. The minimum absolute atomic E-state index is 0.00212. The van der Waals surface area contributed by atoms with Crippen LogP contribution in [0.5, 0.6) is 0 Å². The summed E-state index contributed by atoms with van der Waals surface area (Å²) in [7, 11) is 1.70. The van der Waals surface area contributed by atoms with Gasteiger partial charge in [-0.2, -0.15) is 0 Å². The highest BCUT2D eigenvalue weighted by Gasteiger charge is 2.16. The lowest BCUT2D eigenvalue weighted by molar-refractivity contribution is 0.101. The number of nitrogens with zero attached hydrogens (tertiary/aromatic N) is 3. The van der Waals surface area contributed by atoms with Crippen LogP contribution >= 0.6 is 43.6 Å². The van der Waals surface area contributed by atoms with Gasteiger partial charge in [0.1, 0.15) is 5.69 Å². The van der Waals surface area contributed by atoms with Gasteiger partial charge in [-0.05, 0) is 40.2 Å². The molecule has 0 fully saturated rings. The average molecular weight is 391 g/mol. The summed E-state index contributed by atoms with van der Waals surface area (Å²) in [6.07, 6.45) is 0. The van der Waals surface area contributed by atoms with Crippen LogP contribution in [0.3, 0.4) is 0 Å². The van der Waals surface area contributed by atoms with E-state index in [1.54, 1.807) is 7.05 Å². The van der Waals surface area contributed by atoms with E-state index in [0.29, 0.717) is 16.0 Å². The summed E-state index contributed by atoms with van der Waals surface area (Å²) in [6.45, 7) is 0. The Balaban J connectivity index is 2.03. The maximum Gasteiger partial charge on any atom is 0.193 e. The molecule has 0 bridgehead atoms. The second-order valence-electron chi connectivity index (χ2n) is 3.52. The van der Waals surface area contributed by atoms with Crippen LogP contribution in [0.2, 0.25) is 0 Å². The molecule has 0 spiro atoms. The van der Waals surface area contributed by atoms with Crippen LogP contribution in [0.1, 0.15) is 10.5 Å². The molecular formula is C11H9Br2N3OS. The van der Waals surface area contributed by atoms with Crippen LogP contribution in [0, 0.1) is 0 Å². The van der Waals surface area contributed by atoms with Gasteiger partial charge in [-0.1, -0.05) is 21.1 Å². The number of hydrogen-bond acceptors (Lipinski definition) is 4. The van der Waals surface area contributed by atoms with Crippen molar-refractivity contribution in [1.29, 1.82) is 0 Å². The normalized spacial score (nSPS) is 10.6. The maximum atomic E-state index is 12.0. The first-order valence-corrected chi connectivity index (χ1v) is 7.62. The molecule has 94 valence electrons. The molecule has 0 unspecified atom stereocenters. The fraction of sp³-hybridized carbons (Fsp3) is 0.182. The second-order valence-corrected chi connectivity index (χ2v) is 6.23. The summed E-state index contributed by atoms with van der Waals surface area (Å²) >= 11 is 8.09. The Morgan fingerprint density at radius 2 is 2.00 bits per heavy atom. The van der Waals surface area contributed by atoms with Crippen molar-refractivity contribution < 1.29 is 4.79 Å². The molecule has 0 aliphatic carbocycles. The van der Waals surface area contributed by atoms with Gasteiger partial charge in [0.15, 0.2) is 10.4 Å². The molecule has 0 aliphatic heterocycles. The molecule has 0 saturated carbocycles. The number of aryl methyl sites for hydroxylation is 1. The molecule has 4 nitrogen and oxygen atoms in total. The number of ketones is 1. The Bertz CT molecular complexity index is 549. The molecule has 0 amide bonds. The highest BCUT2D eigenvalue weighted by atomic mass is 79.9. The molecule has 1 heterocycles. The van der Waals surface area contributed by atoms with Crippen LogP contribution in [-0.2, 0) is 7.05 Å². The molecule has 0 atom stereocenters. The van der Waals surface area contributed by atoms with Gasteiger partial charge in [0.25, 0.3) is 0 Å². The van der Waals surface area contributed by atoms with Gasteiger partial charge in [0.05, 0.1) is 5.75 Å². The number of aromatic nitrogens is 3. The lowest BCUT2D eigenvalue weighted by atomic mass is 10.3. The Hall–Kier alpha value is -0.660. The lowest BCUT2D eigenvalue weighted by Crippen LogP contribution is -2.09. The predicted molar refractivity (Wildman–Crippen MR) is 77.9 cm³/mol. The minimum atomic E-state index is 0.00212. The zero-order valence-corrected chi connectivity index (χ0v) is 13.4. The van der Waals surface area contributed by atoms with Crippen LogP contribution in [0.4, 0.5) is 0 Å². The fourth-order valence-corrected chi connectivity index (χ4v) is 2.95. The summed E-state index contributed by atoms with van der Waals surface area (Å²) < 4.78 is 3.00. The van der Waals surface area contributed by atoms with E-state index < -0.39 is 0 Å². The van der Waals surface area contributed by atoms with Gasteiger partial charge in [0, 0.05) is 16.4 Å². The third kappa shape index (κ3) is 3.21. The average Bonchev–Trinajstić information content (AvgIpc) is 2.68. The van der Waals surface area contributed by atoms with Gasteiger partial charge in [-0.25, -0.2) is 4.68 Å². The molecule has 0 N–H and O–H groups in total. The van der Waals surface area contributed by atoms with E-state index in [-0.39, 0.29) is 5.78 Å². The first kappa shape index (κ1) is 13.8. The molecule has 0 saturated heterocycles. The van der Waals surface area contributed by atoms with E-state index in [1.165, 1.54) is 16.4 Å². The zero-order chi connectivity index (χ0) is 13.1. The topological polar surface area (TPSA) is 47.8 Å². The third-order valence-electron chi connectivity index (χ3n) is 2.23. The van der Waals surface area contributed by atoms with Crippen molar-refractivity contribution in [2.45, 2.75) is 4.90 Å². The predicted octanol–water partition coefficient (Wildman–Crippen LogP) is 3.32. The summed E-state index contributed by atoms with van der Waals surface area (Å²) in [5.74, 6) is 0.365. The van der Waals surface area contributed by atoms with E-state index >= 15 is 0 Å². The summed E-state index contributed by atoms with van der Waals surface area (Å²) in [5.41, 5.74) is 0.500. The molecule has 0 radical (unpaired) electrons. The fourth-order valence-electron chi connectivity index (χ4n) is 1.38. The first-order valence-electron chi connectivity index (χ1n) is 5.04. The van der Waals surface area contributed by atoms with Crippen molar-refractivity contribution >= 4 is 49.4 Å². The molecule has 1 aromatic carbocycles. The van der Waals surface area contributed by atoms with Gasteiger partial charge < -0.3 is 0 Å². The molecule has 1 aromatic heterocycles. The van der Waals surface area contributed by atoms with Crippen molar-refractivity contribution in [1.82, 2.24) is 15.0 Å². The Morgan fingerprint density at radius 1 is 1.33 bits per heavy atom. The zero-order valence-electron chi connectivity index (χ0n) is 9.43. The van der Waals surface area contributed by atoms with Crippen molar-refractivity contribution in [3.05, 3.63) is 39.0 Å². The van der Waals surface area contributed by atoms with Crippen molar-refractivity contribution in [3.8, 4) is 0 Å². The number of hydrogen-bond donors (Lipinski definition) is 0. The van der Waals surface area contributed by atoms with Crippen molar-refractivity contribution in [3.63, 3.8) is 0 Å². The van der Waals surface area contributed by atoms with Gasteiger partial charge in [0.2, 0.25) is 0 Å². The standard InChI is InChI=1S/C11H9Br2N3OS/c1-16-10(11(13)14-15-16)9(17)6-18-8-4-2-7(12)3-5-8/h2-5H,6H2,1H3. The third-order valence-corrected chi connectivity index (χ3v) is 4.31. The Morgan fingerprint density at radius 3 is 2.56 bits per heavy atom. The lowest BCUT2D eigenvalue weighted by Gasteiger charge is -2.02. The first-order chi connectivity index (χ1) is 8.58. The number of rotatable bonds is 4. The number of benzene rings is 1. The second kappa shape index (κ2) is 5.99. The van der Waals surface area contributed by atoms with Gasteiger partial charge in [-0.3, -0.25) is 4.79 Å². The van der Waals surface area contributed by atoms with Crippen LogP contribution in [0.25, 0.3) is 0 Å². The monoisotopic (exact) mass is 389 g/mol. The molecule has 2 rings (SSSR count).